The van der Waals surface area contributed by atoms with Crippen LogP contribution in [0.15, 0.2) is 36.4 Å². The molecule has 1 aromatic carbocycles. The van der Waals surface area contributed by atoms with E-state index in [0.717, 1.165) is 16.0 Å². The molecule has 3 rings (SSSR count). The third-order valence-electron chi connectivity index (χ3n) is 3.55. The van der Waals surface area contributed by atoms with Gasteiger partial charge in [-0.15, -0.1) is 11.3 Å². The van der Waals surface area contributed by atoms with Gasteiger partial charge in [0.2, 0.25) is 0 Å². The molecule has 0 unspecified atom stereocenters. The highest BCUT2D eigenvalue weighted by molar-refractivity contribution is 7.19. The summed E-state index contributed by atoms with van der Waals surface area (Å²) < 4.78 is 0.658. The zero-order valence-electron chi connectivity index (χ0n) is 12.1. The van der Waals surface area contributed by atoms with Gasteiger partial charge < -0.3 is 5.11 Å². The van der Waals surface area contributed by atoms with Crippen molar-refractivity contribution < 1.29 is 9.90 Å². The van der Waals surface area contributed by atoms with Gasteiger partial charge in [0, 0.05) is 5.39 Å². The number of hydrogen-bond donors (Lipinski definition) is 1. The molecule has 0 saturated heterocycles. The number of aromatic nitrogens is 1. The van der Waals surface area contributed by atoms with Crippen LogP contribution in [-0.2, 0) is 0 Å². The number of fused-ring (bicyclic) bond motifs is 1. The maximum atomic E-state index is 11.6. The first-order valence-electron chi connectivity index (χ1n) is 6.90. The summed E-state index contributed by atoms with van der Waals surface area (Å²) in [4.78, 5) is 17.2. The molecule has 0 amide bonds. The first-order chi connectivity index (χ1) is 10.5. The molecular weight excluding hydrogens is 318 g/mol. The Morgan fingerprint density at radius 1 is 1.27 bits per heavy atom. The molecule has 0 aliphatic rings. The SMILES string of the molecule is CC(C)c1cccc2c(C(=O)O)cc(-c3ccc(Cl)s3)nc12. The van der Waals surface area contributed by atoms with Crippen LogP contribution in [0.3, 0.4) is 0 Å². The average molecular weight is 332 g/mol. The number of nitrogens with zero attached hydrogens (tertiary/aromatic N) is 1. The predicted molar refractivity (Wildman–Crippen MR) is 91.1 cm³/mol. The van der Waals surface area contributed by atoms with Crippen molar-refractivity contribution in [2.24, 2.45) is 0 Å². The summed E-state index contributed by atoms with van der Waals surface area (Å²) >= 11 is 7.38. The Morgan fingerprint density at radius 3 is 2.64 bits per heavy atom. The highest BCUT2D eigenvalue weighted by atomic mass is 35.5. The summed E-state index contributed by atoms with van der Waals surface area (Å²) in [7, 11) is 0. The number of carboxylic acid groups (broad SMARTS) is 1. The molecule has 0 atom stereocenters. The van der Waals surface area contributed by atoms with Crippen LogP contribution < -0.4 is 0 Å². The fraction of sp³-hybridized carbons (Fsp3) is 0.176. The Bertz CT molecular complexity index is 870. The van der Waals surface area contributed by atoms with Gasteiger partial charge in [0.1, 0.15) is 0 Å². The number of thiophene rings is 1. The summed E-state index contributed by atoms with van der Waals surface area (Å²) in [5.74, 6) is -0.683. The second-order valence-electron chi connectivity index (χ2n) is 5.36. The van der Waals surface area contributed by atoms with E-state index in [4.69, 9.17) is 16.6 Å². The number of aromatic carboxylic acids is 1. The summed E-state index contributed by atoms with van der Waals surface area (Å²) in [5, 5.41) is 10.2. The van der Waals surface area contributed by atoms with Crippen LogP contribution in [0.2, 0.25) is 4.34 Å². The molecular formula is C17H14ClNO2S. The average Bonchev–Trinajstić information content (AvgIpc) is 2.91. The van der Waals surface area contributed by atoms with Gasteiger partial charge in [0.05, 0.1) is 26.0 Å². The van der Waals surface area contributed by atoms with E-state index < -0.39 is 5.97 Å². The molecule has 112 valence electrons. The number of rotatable bonds is 3. The zero-order chi connectivity index (χ0) is 15.9. The van der Waals surface area contributed by atoms with E-state index in [0.29, 0.717) is 15.4 Å². The van der Waals surface area contributed by atoms with Crippen molar-refractivity contribution in [3.63, 3.8) is 0 Å². The number of halogens is 1. The van der Waals surface area contributed by atoms with Gasteiger partial charge in [-0.2, -0.15) is 0 Å². The number of pyridine rings is 1. The Balaban J connectivity index is 2.36. The minimum absolute atomic E-state index is 0.264. The highest BCUT2D eigenvalue weighted by Gasteiger charge is 2.16. The number of carbonyl (C=O) groups is 1. The van der Waals surface area contributed by atoms with Crippen LogP contribution in [0.4, 0.5) is 0 Å². The van der Waals surface area contributed by atoms with Gasteiger partial charge in [-0.3, -0.25) is 0 Å². The molecule has 0 aliphatic heterocycles. The van der Waals surface area contributed by atoms with Crippen molar-refractivity contribution in [1.29, 1.82) is 0 Å². The van der Waals surface area contributed by atoms with E-state index in [1.165, 1.54) is 11.3 Å². The van der Waals surface area contributed by atoms with Gasteiger partial charge in [0.25, 0.3) is 0 Å². The summed E-state index contributed by atoms with van der Waals surface area (Å²) in [6, 6.07) is 11.0. The topological polar surface area (TPSA) is 50.2 Å². The molecule has 2 heterocycles. The molecule has 1 N–H and O–H groups in total. The van der Waals surface area contributed by atoms with Crippen molar-refractivity contribution in [1.82, 2.24) is 4.98 Å². The standard InChI is InChI=1S/C17H14ClNO2S/c1-9(2)10-4-3-5-11-12(17(20)21)8-13(19-16(10)11)14-6-7-15(18)22-14/h3-9H,1-2H3,(H,20,21). The summed E-state index contributed by atoms with van der Waals surface area (Å²) in [6.07, 6.45) is 0. The Kier molecular flexibility index (Phi) is 3.89. The molecule has 0 saturated carbocycles. The Labute approximate surface area is 137 Å². The van der Waals surface area contributed by atoms with Crippen LogP contribution in [0.5, 0.6) is 0 Å². The number of carboxylic acids is 1. The lowest BCUT2D eigenvalue weighted by molar-refractivity contribution is 0.0699. The molecule has 0 aliphatic carbocycles. The Hall–Kier alpha value is -1.91. The zero-order valence-corrected chi connectivity index (χ0v) is 13.7. The van der Waals surface area contributed by atoms with Gasteiger partial charge in [-0.25, -0.2) is 9.78 Å². The lowest BCUT2D eigenvalue weighted by Gasteiger charge is -2.12. The lowest BCUT2D eigenvalue weighted by atomic mass is 9.97. The van der Waals surface area contributed by atoms with E-state index >= 15 is 0 Å². The molecule has 22 heavy (non-hydrogen) atoms. The summed E-state index contributed by atoms with van der Waals surface area (Å²) in [6.45, 7) is 4.15. The van der Waals surface area contributed by atoms with Crippen LogP contribution in [0.25, 0.3) is 21.5 Å². The molecule has 0 fully saturated rings. The van der Waals surface area contributed by atoms with Crippen molar-refractivity contribution in [3.05, 3.63) is 51.9 Å². The monoisotopic (exact) mass is 331 g/mol. The molecule has 5 heteroatoms. The normalized spacial score (nSPS) is 11.3. The molecule has 0 spiro atoms. The number of para-hydroxylation sites is 1. The van der Waals surface area contributed by atoms with Crippen molar-refractivity contribution in [2.75, 3.05) is 0 Å². The molecule has 3 nitrogen and oxygen atoms in total. The second-order valence-corrected chi connectivity index (χ2v) is 7.08. The molecule has 2 aromatic heterocycles. The fourth-order valence-electron chi connectivity index (χ4n) is 2.49. The third kappa shape index (κ3) is 2.60. The van der Waals surface area contributed by atoms with Crippen molar-refractivity contribution in [3.8, 4) is 10.6 Å². The van der Waals surface area contributed by atoms with E-state index in [1.54, 1.807) is 12.1 Å². The van der Waals surface area contributed by atoms with E-state index in [1.807, 2.05) is 24.3 Å². The largest absolute Gasteiger partial charge is 0.478 e. The van der Waals surface area contributed by atoms with Crippen molar-refractivity contribution in [2.45, 2.75) is 19.8 Å². The quantitative estimate of drug-likeness (QED) is 0.695. The van der Waals surface area contributed by atoms with E-state index in [-0.39, 0.29) is 11.5 Å². The number of benzene rings is 1. The van der Waals surface area contributed by atoms with Gasteiger partial charge >= 0.3 is 5.97 Å². The first kappa shape index (κ1) is 15.0. The van der Waals surface area contributed by atoms with Crippen LogP contribution in [-0.4, -0.2) is 16.1 Å². The minimum atomic E-state index is -0.947. The minimum Gasteiger partial charge on any atom is -0.478 e. The first-order valence-corrected chi connectivity index (χ1v) is 8.09. The van der Waals surface area contributed by atoms with Crippen molar-refractivity contribution >= 4 is 39.8 Å². The van der Waals surface area contributed by atoms with Crippen LogP contribution >= 0.6 is 22.9 Å². The van der Waals surface area contributed by atoms with E-state index in [9.17, 15) is 9.90 Å². The van der Waals surface area contributed by atoms with Crippen LogP contribution in [0, 0.1) is 0 Å². The van der Waals surface area contributed by atoms with Gasteiger partial charge in [-0.05, 0) is 29.7 Å². The van der Waals surface area contributed by atoms with Gasteiger partial charge in [-0.1, -0.05) is 43.6 Å². The predicted octanol–water partition coefficient (Wildman–Crippen LogP) is 5.44. The highest BCUT2D eigenvalue weighted by Crippen LogP contribution is 2.34. The molecule has 0 bridgehead atoms. The molecule has 0 radical (unpaired) electrons. The number of hydrogen-bond acceptors (Lipinski definition) is 3. The second kappa shape index (κ2) is 5.71. The molecule has 3 aromatic rings. The smallest absolute Gasteiger partial charge is 0.336 e. The fourth-order valence-corrected chi connectivity index (χ4v) is 3.50. The maximum absolute atomic E-state index is 11.6. The van der Waals surface area contributed by atoms with E-state index in [2.05, 4.69) is 13.8 Å². The van der Waals surface area contributed by atoms with Crippen LogP contribution in [0.1, 0.15) is 35.7 Å². The maximum Gasteiger partial charge on any atom is 0.336 e. The lowest BCUT2D eigenvalue weighted by Crippen LogP contribution is -2.02. The third-order valence-corrected chi connectivity index (χ3v) is 4.80. The Morgan fingerprint density at radius 2 is 2.05 bits per heavy atom. The van der Waals surface area contributed by atoms with Gasteiger partial charge in [0.15, 0.2) is 0 Å². The summed E-state index contributed by atoms with van der Waals surface area (Å²) in [5.41, 5.74) is 2.71.